The van der Waals surface area contributed by atoms with Gasteiger partial charge in [0.2, 0.25) is 10.0 Å². The first kappa shape index (κ1) is 14.4. The molecule has 1 aromatic carbocycles. The van der Waals surface area contributed by atoms with Gasteiger partial charge in [-0.05, 0) is 38.0 Å². The highest BCUT2D eigenvalue weighted by atomic mass is 32.2. The van der Waals surface area contributed by atoms with Crippen LogP contribution in [-0.4, -0.2) is 41.4 Å². The molecule has 1 aliphatic rings. The number of fused-ring (bicyclic) bond motifs is 1. The molecule has 8 heteroatoms. The van der Waals surface area contributed by atoms with E-state index in [0.29, 0.717) is 12.8 Å². The second-order valence-corrected chi connectivity index (χ2v) is 8.10. The molecule has 2 heterocycles. The van der Waals surface area contributed by atoms with E-state index in [0.717, 1.165) is 19.5 Å². The number of sulfonamides is 1. The molecular weight excluding hydrogens is 312 g/mol. The van der Waals surface area contributed by atoms with Gasteiger partial charge < -0.3 is 5.11 Å². The Morgan fingerprint density at radius 2 is 2.24 bits per heavy atom. The van der Waals surface area contributed by atoms with Crippen molar-refractivity contribution >= 4 is 37.5 Å². The van der Waals surface area contributed by atoms with Crippen LogP contribution in [-0.2, 0) is 14.8 Å². The predicted molar refractivity (Wildman–Crippen MR) is 78.9 cm³/mol. The lowest BCUT2D eigenvalue weighted by Crippen LogP contribution is -2.40. The van der Waals surface area contributed by atoms with E-state index in [1.165, 1.54) is 17.4 Å². The van der Waals surface area contributed by atoms with Gasteiger partial charge in [-0.2, -0.15) is 4.31 Å². The molecule has 1 aromatic heterocycles. The molecule has 0 amide bonds. The monoisotopic (exact) mass is 326 g/mol. The van der Waals surface area contributed by atoms with Gasteiger partial charge >= 0.3 is 5.97 Å². The maximum atomic E-state index is 12.6. The number of carbonyl (C=O) groups is 1. The number of carboxylic acids is 1. The molecule has 0 saturated carbocycles. The van der Waals surface area contributed by atoms with Crippen LogP contribution in [0.1, 0.15) is 17.8 Å². The maximum Gasteiger partial charge on any atom is 0.322 e. The number of hydrogen-bond acceptors (Lipinski definition) is 5. The van der Waals surface area contributed by atoms with Gasteiger partial charge in [0.05, 0.1) is 20.1 Å². The fourth-order valence-electron chi connectivity index (χ4n) is 2.59. The van der Waals surface area contributed by atoms with Crippen molar-refractivity contribution in [1.82, 2.24) is 9.29 Å². The largest absolute Gasteiger partial charge is 0.480 e. The van der Waals surface area contributed by atoms with Gasteiger partial charge in [-0.1, -0.05) is 0 Å². The van der Waals surface area contributed by atoms with Gasteiger partial charge in [0.25, 0.3) is 0 Å². The van der Waals surface area contributed by atoms with Crippen LogP contribution in [0.2, 0.25) is 0 Å². The van der Waals surface area contributed by atoms with E-state index >= 15 is 0 Å². The average Bonchev–Trinajstić information content (AvgIpc) is 3.02. The smallest absolute Gasteiger partial charge is 0.322 e. The highest BCUT2D eigenvalue weighted by Crippen LogP contribution is 2.29. The molecule has 0 bridgehead atoms. The van der Waals surface area contributed by atoms with Gasteiger partial charge in [-0.25, -0.2) is 13.4 Å². The molecule has 1 atom stereocenters. The summed E-state index contributed by atoms with van der Waals surface area (Å²) in [5.74, 6) is -1.09. The quantitative estimate of drug-likeness (QED) is 0.930. The molecule has 112 valence electrons. The van der Waals surface area contributed by atoms with E-state index in [9.17, 15) is 13.2 Å². The zero-order chi connectivity index (χ0) is 15.2. The summed E-state index contributed by atoms with van der Waals surface area (Å²) in [4.78, 5) is 15.6. The summed E-state index contributed by atoms with van der Waals surface area (Å²) < 4.78 is 27.2. The number of nitrogens with zero attached hydrogens (tertiary/aromatic N) is 2. The molecule has 1 fully saturated rings. The fraction of sp³-hybridized carbons (Fsp3) is 0.385. The second-order valence-electron chi connectivity index (χ2n) is 4.97. The number of rotatable bonds is 3. The van der Waals surface area contributed by atoms with Crippen LogP contribution >= 0.6 is 11.3 Å². The van der Waals surface area contributed by atoms with E-state index in [-0.39, 0.29) is 11.4 Å². The number of aromatic nitrogens is 1. The maximum absolute atomic E-state index is 12.6. The summed E-state index contributed by atoms with van der Waals surface area (Å²) in [5.41, 5.74) is 0.757. The van der Waals surface area contributed by atoms with Crippen molar-refractivity contribution in [3.8, 4) is 0 Å². The van der Waals surface area contributed by atoms with Crippen molar-refractivity contribution < 1.29 is 18.3 Å². The number of benzene rings is 1. The van der Waals surface area contributed by atoms with Crippen LogP contribution < -0.4 is 0 Å². The summed E-state index contributed by atoms with van der Waals surface area (Å²) in [5, 5.41) is 10.0. The van der Waals surface area contributed by atoms with Gasteiger partial charge in [-0.3, -0.25) is 4.79 Å². The summed E-state index contributed by atoms with van der Waals surface area (Å²) in [7, 11) is -3.78. The number of thiazole rings is 1. The standard InChI is InChI=1S/C13H14N2O4S2/c1-8-14-10-5-4-9(7-12(10)20-8)21(18,19)15-6-2-3-11(15)13(16)17/h4-5,7,11H,2-3,6H2,1H3,(H,16,17). The molecule has 0 aliphatic carbocycles. The second kappa shape index (κ2) is 5.04. The van der Waals surface area contributed by atoms with E-state index in [1.807, 2.05) is 6.92 Å². The summed E-state index contributed by atoms with van der Waals surface area (Å²) >= 11 is 1.42. The van der Waals surface area contributed by atoms with Crippen molar-refractivity contribution in [2.45, 2.75) is 30.7 Å². The number of aryl methyl sites for hydroxylation is 1. The van der Waals surface area contributed by atoms with Crippen LogP contribution in [0.5, 0.6) is 0 Å². The van der Waals surface area contributed by atoms with E-state index in [4.69, 9.17) is 5.11 Å². The Morgan fingerprint density at radius 1 is 1.48 bits per heavy atom. The molecule has 1 aliphatic heterocycles. The topological polar surface area (TPSA) is 87.6 Å². The Balaban J connectivity index is 2.05. The molecule has 2 aromatic rings. The van der Waals surface area contributed by atoms with Gasteiger partial charge in [0.15, 0.2) is 0 Å². The Hall–Kier alpha value is -1.51. The highest BCUT2D eigenvalue weighted by Gasteiger charge is 2.39. The zero-order valence-corrected chi connectivity index (χ0v) is 12.9. The Labute approximate surface area is 126 Å². The molecular formula is C13H14N2O4S2. The molecule has 6 nitrogen and oxygen atoms in total. The Kier molecular flexibility index (Phi) is 3.46. The first-order chi connectivity index (χ1) is 9.89. The summed E-state index contributed by atoms with van der Waals surface area (Å²) in [6, 6.07) is 3.77. The van der Waals surface area contributed by atoms with Crippen molar-refractivity contribution in [3.63, 3.8) is 0 Å². The lowest BCUT2D eigenvalue weighted by Gasteiger charge is -2.20. The van der Waals surface area contributed by atoms with Gasteiger partial charge in [-0.15, -0.1) is 11.3 Å². The fourth-order valence-corrected chi connectivity index (χ4v) is 5.21. The van der Waals surface area contributed by atoms with Crippen molar-refractivity contribution in [2.24, 2.45) is 0 Å². The molecule has 0 radical (unpaired) electrons. The minimum Gasteiger partial charge on any atom is -0.480 e. The van der Waals surface area contributed by atoms with Crippen LogP contribution in [0.3, 0.4) is 0 Å². The summed E-state index contributed by atoms with van der Waals surface area (Å²) in [6.07, 6.45) is 0.925. The third-order valence-corrected chi connectivity index (χ3v) is 6.40. The third-order valence-electron chi connectivity index (χ3n) is 3.56. The number of aliphatic carboxylic acids is 1. The van der Waals surface area contributed by atoms with Gasteiger partial charge in [0, 0.05) is 6.54 Å². The lowest BCUT2D eigenvalue weighted by atomic mass is 10.2. The third kappa shape index (κ3) is 2.43. The van der Waals surface area contributed by atoms with Crippen molar-refractivity contribution in [3.05, 3.63) is 23.2 Å². The normalized spacial score (nSPS) is 20.1. The molecule has 0 spiro atoms. The van der Waals surface area contributed by atoms with E-state index in [2.05, 4.69) is 4.98 Å². The van der Waals surface area contributed by atoms with Crippen LogP contribution in [0.15, 0.2) is 23.1 Å². The SMILES string of the molecule is Cc1nc2ccc(S(=O)(=O)N3CCCC3C(=O)O)cc2s1. The number of carboxylic acid groups (broad SMARTS) is 1. The van der Waals surface area contributed by atoms with Gasteiger partial charge in [0.1, 0.15) is 6.04 Å². The molecule has 1 unspecified atom stereocenters. The van der Waals surface area contributed by atoms with E-state index < -0.39 is 22.0 Å². The highest BCUT2D eigenvalue weighted by molar-refractivity contribution is 7.89. The number of hydrogen-bond donors (Lipinski definition) is 1. The predicted octanol–water partition coefficient (Wildman–Crippen LogP) is 1.84. The average molecular weight is 326 g/mol. The Morgan fingerprint density at radius 3 is 2.95 bits per heavy atom. The molecule has 1 saturated heterocycles. The van der Waals surface area contributed by atoms with Crippen molar-refractivity contribution in [1.29, 1.82) is 0 Å². The minimum absolute atomic E-state index is 0.131. The summed E-state index contributed by atoms with van der Waals surface area (Å²) in [6.45, 7) is 2.11. The molecule has 1 N–H and O–H groups in total. The van der Waals surface area contributed by atoms with Crippen molar-refractivity contribution in [2.75, 3.05) is 6.54 Å². The lowest BCUT2D eigenvalue weighted by molar-refractivity contribution is -0.140. The molecule has 3 rings (SSSR count). The first-order valence-corrected chi connectivity index (χ1v) is 8.77. The minimum atomic E-state index is -3.78. The zero-order valence-electron chi connectivity index (χ0n) is 11.3. The van der Waals surface area contributed by atoms with E-state index in [1.54, 1.807) is 12.1 Å². The van der Waals surface area contributed by atoms with Crippen LogP contribution in [0.25, 0.3) is 10.2 Å². The van der Waals surface area contributed by atoms with Crippen LogP contribution in [0.4, 0.5) is 0 Å². The van der Waals surface area contributed by atoms with Crippen LogP contribution in [0, 0.1) is 6.92 Å². The first-order valence-electron chi connectivity index (χ1n) is 6.51. The molecule has 21 heavy (non-hydrogen) atoms. The Bertz CT molecular complexity index is 813.